The maximum atomic E-state index is 11.8. The van der Waals surface area contributed by atoms with Gasteiger partial charge in [0.1, 0.15) is 5.75 Å². The molecule has 1 aromatic rings. The summed E-state index contributed by atoms with van der Waals surface area (Å²) in [5.41, 5.74) is 5.71. The monoisotopic (exact) mass is 303 g/mol. The molecule has 0 fully saturated rings. The molecular formula is C11H14BrNO4. The first-order valence-corrected chi connectivity index (χ1v) is 5.61. The number of ether oxygens (including phenoxy) is 3. The minimum atomic E-state index is -0.241. The summed E-state index contributed by atoms with van der Waals surface area (Å²) in [7, 11) is 4.47. The molecule has 0 aliphatic heterocycles. The van der Waals surface area contributed by atoms with E-state index in [1.165, 1.54) is 21.3 Å². The van der Waals surface area contributed by atoms with Crippen molar-refractivity contribution in [2.24, 2.45) is 5.73 Å². The van der Waals surface area contributed by atoms with Gasteiger partial charge in [0.15, 0.2) is 17.3 Å². The van der Waals surface area contributed by atoms with Crippen LogP contribution in [0.3, 0.4) is 0 Å². The van der Waals surface area contributed by atoms with Gasteiger partial charge in [-0.2, -0.15) is 0 Å². The van der Waals surface area contributed by atoms with Gasteiger partial charge in [-0.1, -0.05) is 0 Å². The molecule has 0 saturated carbocycles. The lowest BCUT2D eigenvalue weighted by Gasteiger charge is -2.15. The lowest BCUT2D eigenvalue weighted by Crippen LogP contribution is -2.15. The van der Waals surface area contributed by atoms with Crippen LogP contribution in [0.5, 0.6) is 17.2 Å². The summed E-state index contributed by atoms with van der Waals surface area (Å²) in [6, 6.07) is 1.59. The van der Waals surface area contributed by atoms with Gasteiger partial charge >= 0.3 is 0 Å². The number of ketones is 1. The van der Waals surface area contributed by atoms with Crippen molar-refractivity contribution < 1.29 is 19.0 Å². The molecule has 0 unspecified atom stereocenters. The second-order valence-corrected chi connectivity index (χ2v) is 3.92. The largest absolute Gasteiger partial charge is 0.496 e. The van der Waals surface area contributed by atoms with Gasteiger partial charge < -0.3 is 19.9 Å². The van der Waals surface area contributed by atoms with Crippen LogP contribution in [0.1, 0.15) is 10.4 Å². The quantitative estimate of drug-likeness (QED) is 0.837. The molecule has 0 heterocycles. The molecule has 0 radical (unpaired) electrons. The second-order valence-electron chi connectivity index (χ2n) is 3.13. The lowest BCUT2D eigenvalue weighted by molar-refractivity contribution is 0.0997. The first-order valence-electron chi connectivity index (χ1n) is 4.82. The fourth-order valence-electron chi connectivity index (χ4n) is 1.45. The molecule has 0 atom stereocenters. The van der Waals surface area contributed by atoms with Gasteiger partial charge in [-0.25, -0.2) is 0 Å². The number of methoxy groups -OCH3 is 3. The Hall–Kier alpha value is -1.27. The van der Waals surface area contributed by atoms with Crippen LogP contribution in [0, 0.1) is 0 Å². The number of carbonyl (C=O) groups excluding carboxylic acids is 1. The predicted molar refractivity (Wildman–Crippen MR) is 67.2 cm³/mol. The van der Waals surface area contributed by atoms with E-state index in [0.29, 0.717) is 27.3 Å². The van der Waals surface area contributed by atoms with Crippen LogP contribution in [-0.2, 0) is 0 Å². The van der Waals surface area contributed by atoms with E-state index in [2.05, 4.69) is 15.9 Å². The number of hydrogen-bond acceptors (Lipinski definition) is 5. The Kier molecular flexibility index (Phi) is 4.77. The van der Waals surface area contributed by atoms with Gasteiger partial charge in [-0.3, -0.25) is 4.79 Å². The van der Waals surface area contributed by atoms with Crippen LogP contribution >= 0.6 is 15.9 Å². The van der Waals surface area contributed by atoms with Crippen molar-refractivity contribution in [2.45, 2.75) is 0 Å². The maximum absolute atomic E-state index is 11.8. The molecule has 0 bridgehead atoms. The van der Waals surface area contributed by atoms with Crippen LogP contribution < -0.4 is 19.9 Å². The van der Waals surface area contributed by atoms with Gasteiger partial charge in [-0.15, -0.1) is 0 Å². The molecule has 5 nitrogen and oxygen atoms in total. The average molecular weight is 304 g/mol. The van der Waals surface area contributed by atoms with Crippen molar-refractivity contribution in [2.75, 3.05) is 27.9 Å². The highest BCUT2D eigenvalue weighted by Gasteiger charge is 2.22. The first-order chi connectivity index (χ1) is 8.10. The summed E-state index contributed by atoms with van der Waals surface area (Å²) in [5.74, 6) is 1.06. The van der Waals surface area contributed by atoms with E-state index in [1.807, 2.05) is 0 Å². The third kappa shape index (κ3) is 2.53. The molecule has 6 heteroatoms. The van der Waals surface area contributed by atoms with Crippen LogP contribution in [0.15, 0.2) is 10.5 Å². The Labute approximate surface area is 108 Å². The molecule has 0 aromatic heterocycles. The molecule has 0 amide bonds. The highest BCUT2D eigenvalue weighted by Crippen LogP contribution is 2.42. The van der Waals surface area contributed by atoms with E-state index in [0.717, 1.165) is 0 Å². The predicted octanol–water partition coefficient (Wildman–Crippen LogP) is 1.62. The number of hydrogen-bond donors (Lipinski definition) is 1. The van der Waals surface area contributed by atoms with Gasteiger partial charge in [0.05, 0.1) is 37.9 Å². The molecule has 0 spiro atoms. The lowest BCUT2D eigenvalue weighted by atomic mass is 10.1. The van der Waals surface area contributed by atoms with Crippen LogP contribution in [0.4, 0.5) is 0 Å². The molecule has 0 aliphatic carbocycles. The summed E-state index contributed by atoms with van der Waals surface area (Å²) in [6.45, 7) is -0.107. The third-order valence-electron chi connectivity index (χ3n) is 2.26. The molecule has 17 heavy (non-hydrogen) atoms. The molecule has 1 aromatic carbocycles. The van der Waals surface area contributed by atoms with Crippen LogP contribution in [-0.4, -0.2) is 33.7 Å². The number of nitrogens with two attached hydrogens (primary N) is 1. The number of benzene rings is 1. The summed E-state index contributed by atoms with van der Waals surface area (Å²) in [4.78, 5) is 11.8. The average Bonchev–Trinajstić information content (AvgIpc) is 2.36. The smallest absolute Gasteiger partial charge is 0.181 e. The molecule has 0 saturated heterocycles. The Morgan fingerprint density at radius 2 is 1.82 bits per heavy atom. The minimum Gasteiger partial charge on any atom is -0.496 e. The first kappa shape index (κ1) is 13.8. The van der Waals surface area contributed by atoms with E-state index < -0.39 is 0 Å². The van der Waals surface area contributed by atoms with E-state index in [4.69, 9.17) is 19.9 Å². The van der Waals surface area contributed by atoms with Gasteiger partial charge in [0.25, 0.3) is 0 Å². The zero-order valence-electron chi connectivity index (χ0n) is 9.87. The number of halogens is 1. The standard InChI is InChI=1S/C11H14BrNO4/c1-15-7-4-8(16-2)11(17-3)10(12)9(7)6(14)5-13/h4H,5,13H2,1-3H3. The van der Waals surface area contributed by atoms with Crippen molar-refractivity contribution in [1.82, 2.24) is 0 Å². The SMILES string of the molecule is COc1cc(OC)c(C(=O)CN)c(Br)c1OC. The Balaban J connectivity index is 3.52. The molecular weight excluding hydrogens is 290 g/mol. The van der Waals surface area contributed by atoms with Gasteiger partial charge in [-0.05, 0) is 15.9 Å². The van der Waals surface area contributed by atoms with Crippen molar-refractivity contribution in [1.29, 1.82) is 0 Å². The van der Waals surface area contributed by atoms with Crippen LogP contribution in [0.25, 0.3) is 0 Å². The van der Waals surface area contributed by atoms with E-state index >= 15 is 0 Å². The summed E-state index contributed by atoms with van der Waals surface area (Å²) in [6.07, 6.45) is 0. The number of Topliss-reactive ketones (excluding diaryl/α,β-unsaturated/α-hetero) is 1. The maximum Gasteiger partial charge on any atom is 0.181 e. The van der Waals surface area contributed by atoms with Gasteiger partial charge in [0, 0.05) is 6.07 Å². The summed E-state index contributed by atoms with van der Waals surface area (Å²) in [5, 5.41) is 0. The van der Waals surface area contributed by atoms with Crippen molar-refractivity contribution >= 4 is 21.7 Å². The van der Waals surface area contributed by atoms with Crippen molar-refractivity contribution in [3.8, 4) is 17.2 Å². The molecule has 1 rings (SSSR count). The second kappa shape index (κ2) is 5.88. The van der Waals surface area contributed by atoms with E-state index in [1.54, 1.807) is 6.07 Å². The summed E-state index contributed by atoms with van der Waals surface area (Å²) < 4.78 is 16.0. The van der Waals surface area contributed by atoms with E-state index in [9.17, 15) is 4.79 Å². The van der Waals surface area contributed by atoms with E-state index in [-0.39, 0.29) is 12.3 Å². The highest BCUT2D eigenvalue weighted by molar-refractivity contribution is 9.10. The minimum absolute atomic E-state index is 0.107. The molecule has 2 N–H and O–H groups in total. The zero-order chi connectivity index (χ0) is 13.0. The molecule has 0 aliphatic rings. The van der Waals surface area contributed by atoms with Gasteiger partial charge in [0.2, 0.25) is 0 Å². The Morgan fingerprint density at radius 3 is 2.24 bits per heavy atom. The summed E-state index contributed by atoms with van der Waals surface area (Å²) >= 11 is 3.30. The number of rotatable bonds is 5. The normalized spacial score (nSPS) is 9.94. The van der Waals surface area contributed by atoms with Crippen LogP contribution in [0.2, 0.25) is 0 Å². The van der Waals surface area contributed by atoms with Crippen molar-refractivity contribution in [3.05, 3.63) is 16.1 Å². The Bertz CT molecular complexity index is 434. The Morgan fingerprint density at radius 1 is 1.24 bits per heavy atom. The highest BCUT2D eigenvalue weighted by atomic mass is 79.9. The third-order valence-corrected chi connectivity index (χ3v) is 3.02. The fraction of sp³-hybridized carbons (Fsp3) is 0.364. The zero-order valence-corrected chi connectivity index (χ0v) is 11.5. The number of carbonyl (C=O) groups is 1. The van der Waals surface area contributed by atoms with Crippen molar-refractivity contribution in [3.63, 3.8) is 0 Å². The fourth-order valence-corrected chi connectivity index (χ4v) is 2.23. The topological polar surface area (TPSA) is 70.8 Å². The molecule has 94 valence electrons.